The smallest absolute Gasteiger partial charge is 0.123 e. The number of benzene rings is 3. The Kier molecular flexibility index (Phi) is 5.49. The van der Waals surface area contributed by atoms with Gasteiger partial charge in [0.05, 0.1) is 0 Å². The number of aromatic nitrogens is 1. The van der Waals surface area contributed by atoms with E-state index in [0.29, 0.717) is 6.54 Å². The average Bonchev–Trinajstić information content (AvgIpc) is 3.06. The average molecular weight is 376 g/mol. The summed E-state index contributed by atoms with van der Waals surface area (Å²) >= 11 is 0. The van der Waals surface area contributed by atoms with E-state index in [2.05, 4.69) is 28.2 Å². The highest BCUT2D eigenvalue weighted by Gasteiger charge is 2.08. The van der Waals surface area contributed by atoms with E-state index >= 15 is 0 Å². The molecule has 142 valence electrons. The Morgan fingerprint density at radius 3 is 2.11 bits per heavy atom. The summed E-state index contributed by atoms with van der Waals surface area (Å²) in [5.74, 6) is -0.419. The molecule has 1 N–H and O–H groups in total. The molecule has 1 heterocycles. The fourth-order valence-corrected chi connectivity index (χ4v) is 3.49. The maximum absolute atomic E-state index is 13.2. The summed E-state index contributed by atoms with van der Waals surface area (Å²) in [5.41, 5.74) is 4.59. The van der Waals surface area contributed by atoms with Gasteiger partial charge >= 0.3 is 0 Å². The summed E-state index contributed by atoms with van der Waals surface area (Å²) in [6.45, 7) is 2.29. The highest BCUT2D eigenvalue weighted by Crippen LogP contribution is 2.22. The van der Waals surface area contributed by atoms with Gasteiger partial charge in [-0.1, -0.05) is 42.5 Å². The summed E-state index contributed by atoms with van der Waals surface area (Å²) < 4.78 is 28.4. The molecule has 0 amide bonds. The summed E-state index contributed by atoms with van der Waals surface area (Å²) in [4.78, 5) is 0. The predicted octanol–water partition coefficient (Wildman–Crippen LogP) is 5.30. The normalized spacial score (nSPS) is 11.2. The molecule has 0 aliphatic rings. The van der Waals surface area contributed by atoms with Crippen molar-refractivity contribution in [1.82, 2.24) is 9.88 Å². The molecule has 0 unspecified atom stereocenters. The van der Waals surface area contributed by atoms with Crippen LogP contribution in [0.3, 0.4) is 0 Å². The van der Waals surface area contributed by atoms with E-state index < -0.39 is 0 Å². The number of hydrogen-bond donors (Lipinski definition) is 1. The van der Waals surface area contributed by atoms with Crippen LogP contribution in [-0.2, 0) is 19.5 Å². The quantitative estimate of drug-likeness (QED) is 0.433. The number of nitrogens with one attached hydrogen (secondary N) is 1. The number of fused-ring (bicyclic) bond motifs is 1. The van der Waals surface area contributed by atoms with Gasteiger partial charge in [0.15, 0.2) is 0 Å². The highest BCUT2D eigenvalue weighted by molar-refractivity contribution is 5.84. The monoisotopic (exact) mass is 376 g/mol. The molecule has 0 radical (unpaired) electrons. The first-order valence-electron chi connectivity index (χ1n) is 9.45. The fourth-order valence-electron chi connectivity index (χ4n) is 3.49. The number of para-hydroxylation sites is 1. The summed E-state index contributed by atoms with van der Waals surface area (Å²) in [5, 5.41) is 4.71. The number of hydrogen-bond acceptors (Lipinski definition) is 1. The van der Waals surface area contributed by atoms with E-state index in [1.165, 1.54) is 40.7 Å². The second-order valence-electron chi connectivity index (χ2n) is 6.98. The Balaban J connectivity index is 1.45. The Morgan fingerprint density at radius 2 is 1.39 bits per heavy atom. The zero-order valence-electron chi connectivity index (χ0n) is 15.5. The van der Waals surface area contributed by atoms with Crippen LogP contribution >= 0.6 is 0 Å². The minimum atomic E-state index is -0.216. The molecule has 0 aliphatic carbocycles. The van der Waals surface area contributed by atoms with Gasteiger partial charge in [0, 0.05) is 30.2 Å². The lowest BCUT2D eigenvalue weighted by atomic mass is 10.1. The van der Waals surface area contributed by atoms with Crippen molar-refractivity contribution in [2.45, 2.75) is 19.5 Å². The summed E-state index contributed by atoms with van der Waals surface area (Å²) in [6, 6.07) is 21.6. The first-order valence-corrected chi connectivity index (χ1v) is 9.45. The maximum atomic E-state index is 13.2. The van der Waals surface area contributed by atoms with Gasteiger partial charge in [-0.2, -0.15) is 0 Å². The minimum Gasteiger partial charge on any atom is -0.343 e. The van der Waals surface area contributed by atoms with Crippen LogP contribution in [-0.4, -0.2) is 11.1 Å². The molecule has 0 saturated heterocycles. The van der Waals surface area contributed by atoms with E-state index in [1.54, 1.807) is 0 Å². The second-order valence-corrected chi connectivity index (χ2v) is 6.98. The van der Waals surface area contributed by atoms with Crippen LogP contribution in [0.25, 0.3) is 10.9 Å². The molecular formula is C24H22F2N2. The van der Waals surface area contributed by atoms with E-state index in [9.17, 15) is 8.78 Å². The molecule has 0 aliphatic heterocycles. The molecule has 1 aromatic heterocycles. The Bertz CT molecular complexity index is 1050. The topological polar surface area (TPSA) is 17.0 Å². The van der Waals surface area contributed by atoms with Crippen LogP contribution in [0.5, 0.6) is 0 Å². The SMILES string of the molecule is Fc1ccc(CCNCc2cn(Cc3ccc(F)cc3)c3ccccc23)cc1. The van der Waals surface area contributed by atoms with Gasteiger partial charge in [-0.3, -0.25) is 0 Å². The minimum absolute atomic E-state index is 0.203. The van der Waals surface area contributed by atoms with Crippen molar-refractivity contribution in [3.8, 4) is 0 Å². The van der Waals surface area contributed by atoms with Crippen LogP contribution in [0, 0.1) is 11.6 Å². The summed E-state index contributed by atoms with van der Waals surface area (Å²) in [7, 11) is 0. The molecule has 0 spiro atoms. The van der Waals surface area contributed by atoms with Crippen molar-refractivity contribution in [2.75, 3.05) is 6.54 Å². The number of rotatable bonds is 7. The molecule has 3 aromatic carbocycles. The third kappa shape index (κ3) is 4.29. The standard InChI is InChI=1S/C24H22F2N2/c25-21-9-5-18(6-10-21)13-14-27-15-20-17-28(24-4-2-1-3-23(20)24)16-19-7-11-22(26)12-8-19/h1-12,17,27H,13-16H2. The molecule has 4 aromatic rings. The summed E-state index contributed by atoms with van der Waals surface area (Å²) in [6.07, 6.45) is 3.02. The third-order valence-corrected chi connectivity index (χ3v) is 4.96. The molecule has 0 fully saturated rings. The molecular weight excluding hydrogens is 354 g/mol. The van der Waals surface area contributed by atoms with E-state index in [-0.39, 0.29) is 11.6 Å². The lowest BCUT2D eigenvalue weighted by Gasteiger charge is -2.05. The van der Waals surface area contributed by atoms with E-state index in [4.69, 9.17) is 0 Å². The molecule has 0 saturated carbocycles. The molecule has 4 heteroatoms. The van der Waals surface area contributed by atoms with E-state index in [0.717, 1.165) is 30.6 Å². The second kappa shape index (κ2) is 8.36. The van der Waals surface area contributed by atoms with Gasteiger partial charge in [0.25, 0.3) is 0 Å². The van der Waals surface area contributed by atoms with Crippen molar-refractivity contribution in [3.63, 3.8) is 0 Å². The van der Waals surface area contributed by atoms with Gasteiger partial charge in [-0.15, -0.1) is 0 Å². The third-order valence-electron chi connectivity index (χ3n) is 4.96. The fraction of sp³-hybridized carbons (Fsp3) is 0.167. The zero-order valence-corrected chi connectivity index (χ0v) is 15.5. The molecule has 2 nitrogen and oxygen atoms in total. The largest absolute Gasteiger partial charge is 0.343 e. The number of halogens is 2. The first-order chi connectivity index (χ1) is 13.7. The van der Waals surface area contributed by atoms with Gasteiger partial charge in [0.2, 0.25) is 0 Å². The van der Waals surface area contributed by atoms with Gasteiger partial charge in [-0.25, -0.2) is 8.78 Å². The van der Waals surface area contributed by atoms with Crippen LogP contribution < -0.4 is 5.32 Å². The molecule has 0 bridgehead atoms. The van der Waals surface area contributed by atoms with Crippen molar-refractivity contribution in [2.24, 2.45) is 0 Å². The van der Waals surface area contributed by atoms with Gasteiger partial charge in [0.1, 0.15) is 11.6 Å². The Labute approximate surface area is 163 Å². The van der Waals surface area contributed by atoms with Crippen molar-refractivity contribution < 1.29 is 8.78 Å². The Hall–Kier alpha value is -2.98. The zero-order chi connectivity index (χ0) is 19.3. The van der Waals surface area contributed by atoms with Gasteiger partial charge in [-0.05, 0) is 60.0 Å². The maximum Gasteiger partial charge on any atom is 0.123 e. The van der Waals surface area contributed by atoms with Crippen LogP contribution in [0.2, 0.25) is 0 Å². The van der Waals surface area contributed by atoms with E-state index in [1.807, 2.05) is 36.4 Å². The molecule has 4 rings (SSSR count). The lowest BCUT2D eigenvalue weighted by Crippen LogP contribution is -2.16. The lowest BCUT2D eigenvalue weighted by molar-refractivity contribution is 0.625. The van der Waals surface area contributed by atoms with Crippen LogP contribution in [0.15, 0.2) is 79.0 Å². The Morgan fingerprint density at radius 1 is 0.750 bits per heavy atom. The van der Waals surface area contributed by atoms with Gasteiger partial charge < -0.3 is 9.88 Å². The van der Waals surface area contributed by atoms with Crippen molar-refractivity contribution in [3.05, 3.63) is 107 Å². The first kappa shape index (κ1) is 18.4. The van der Waals surface area contributed by atoms with Crippen LogP contribution in [0.1, 0.15) is 16.7 Å². The van der Waals surface area contributed by atoms with Crippen LogP contribution in [0.4, 0.5) is 8.78 Å². The molecule has 0 atom stereocenters. The molecule has 28 heavy (non-hydrogen) atoms. The highest BCUT2D eigenvalue weighted by atomic mass is 19.1. The van der Waals surface area contributed by atoms with Crippen molar-refractivity contribution in [1.29, 1.82) is 0 Å². The number of nitrogens with zero attached hydrogens (tertiary/aromatic N) is 1. The van der Waals surface area contributed by atoms with Crippen molar-refractivity contribution >= 4 is 10.9 Å². The predicted molar refractivity (Wildman–Crippen MR) is 109 cm³/mol.